The minimum Gasteiger partial charge on any atom is -0.389 e. The van der Waals surface area contributed by atoms with Crippen LogP contribution in [0.25, 0.3) is 0 Å². The molecule has 1 aromatic rings. The number of thiocarbonyl (C=S) groups is 1. The van der Waals surface area contributed by atoms with Crippen molar-refractivity contribution in [1.82, 2.24) is 9.88 Å². The average Bonchev–Trinajstić information content (AvgIpc) is 3.13. The summed E-state index contributed by atoms with van der Waals surface area (Å²) < 4.78 is 0. The van der Waals surface area contributed by atoms with Crippen LogP contribution in [0.1, 0.15) is 36.1 Å². The number of nitrogens with two attached hydrogens (primary N) is 1. The van der Waals surface area contributed by atoms with Crippen LogP contribution in [0.2, 0.25) is 0 Å². The van der Waals surface area contributed by atoms with Crippen molar-refractivity contribution in [2.75, 3.05) is 25.0 Å². The lowest BCUT2D eigenvalue weighted by Gasteiger charge is -2.17. The van der Waals surface area contributed by atoms with Gasteiger partial charge in [-0.1, -0.05) is 12.2 Å². The predicted molar refractivity (Wildman–Crippen MR) is 86.5 cm³/mol. The molecular formula is C15H20N4OS. The van der Waals surface area contributed by atoms with E-state index < -0.39 is 0 Å². The van der Waals surface area contributed by atoms with Crippen LogP contribution in [0.15, 0.2) is 6.07 Å². The second-order valence-corrected chi connectivity index (χ2v) is 6.09. The zero-order valence-corrected chi connectivity index (χ0v) is 12.8. The van der Waals surface area contributed by atoms with Gasteiger partial charge in [0.1, 0.15) is 10.8 Å². The SMILES string of the molecule is NC(=S)c1cc2c(nc1NCC(=O)N1CCCC1)CCC2. The third-order valence-corrected chi connectivity index (χ3v) is 4.40. The zero-order chi connectivity index (χ0) is 14.8. The van der Waals surface area contributed by atoms with Crippen LogP contribution >= 0.6 is 12.2 Å². The molecule has 2 heterocycles. The number of amides is 1. The standard InChI is InChI=1S/C15H20N4OS/c16-14(21)11-8-10-4-3-5-12(10)18-15(11)17-9-13(20)19-6-1-2-7-19/h8H,1-7,9H2,(H2,16,21)(H,17,18). The summed E-state index contributed by atoms with van der Waals surface area (Å²) in [4.78, 5) is 18.9. The molecule has 1 aliphatic heterocycles. The van der Waals surface area contributed by atoms with Gasteiger partial charge in [-0.05, 0) is 43.7 Å². The molecule has 1 aliphatic carbocycles. The molecule has 3 N–H and O–H groups in total. The van der Waals surface area contributed by atoms with Crippen molar-refractivity contribution >= 4 is 28.9 Å². The van der Waals surface area contributed by atoms with Crippen molar-refractivity contribution in [2.24, 2.45) is 5.73 Å². The van der Waals surface area contributed by atoms with E-state index in [2.05, 4.69) is 10.3 Å². The second-order valence-electron chi connectivity index (χ2n) is 5.65. The van der Waals surface area contributed by atoms with E-state index in [1.807, 2.05) is 11.0 Å². The van der Waals surface area contributed by atoms with Gasteiger partial charge in [0.2, 0.25) is 5.91 Å². The number of rotatable bonds is 4. The molecule has 1 fully saturated rings. The van der Waals surface area contributed by atoms with Gasteiger partial charge in [0.25, 0.3) is 0 Å². The van der Waals surface area contributed by atoms with Crippen molar-refractivity contribution in [3.05, 3.63) is 22.9 Å². The van der Waals surface area contributed by atoms with E-state index in [0.717, 1.165) is 56.5 Å². The number of hydrogen-bond acceptors (Lipinski definition) is 4. The Morgan fingerprint density at radius 3 is 2.81 bits per heavy atom. The molecule has 21 heavy (non-hydrogen) atoms. The maximum Gasteiger partial charge on any atom is 0.241 e. The topological polar surface area (TPSA) is 71.2 Å². The second kappa shape index (κ2) is 5.97. The van der Waals surface area contributed by atoms with Crippen molar-refractivity contribution in [2.45, 2.75) is 32.1 Å². The molecule has 0 bridgehead atoms. The predicted octanol–water partition coefficient (Wildman–Crippen LogP) is 1.24. The van der Waals surface area contributed by atoms with Gasteiger partial charge in [0.15, 0.2) is 0 Å². The van der Waals surface area contributed by atoms with Gasteiger partial charge in [0, 0.05) is 18.8 Å². The van der Waals surface area contributed by atoms with Crippen LogP contribution in [-0.2, 0) is 17.6 Å². The zero-order valence-electron chi connectivity index (χ0n) is 12.0. The Morgan fingerprint density at radius 2 is 2.10 bits per heavy atom. The largest absolute Gasteiger partial charge is 0.389 e. The Morgan fingerprint density at radius 1 is 1.33 bits per heavy atom. The highest BCUT2D eigenvalue weighted by Gasteiger charge is 2.20. The fourth-order valence-corrected chi connectivity index (χ4v) is 3.19. The van der Waals surface area contributed by atoms with E-state index in [1.165, 1.54) is 5.56 Å². The number of hydrogen-bond donors (Lipinski definition) is 2. The number of anilines is 1. The number of pyridine rings is 1. The Kier molecular flexibility index (Phi) is 4.05. The summed E-state index contributed by atoms with van der Waals surface area (Å²) in [5.41, 5.74) is 8.88. The van der Waals surface area contributed by atoms with Gasteiger partial charge in [-0.3, -0.25) is 4.79 Å². The minimum atomic E-state index is 0.115. The molecule has 3 rings (SSSR count). The normalized spacial score (nSPS) is 16.9. The first-order valence-corrected chi connectivity index (χ1v) is 7.90. The summed E-state index contributed by atoms with van der Waals surface area (Å²) in [7, 11) is 0. The van der Waals surface area contributed by atoms with E-state index >= 15 is 0 Å². The lowest BCUT2D eigenvalue weighted by atomic mass is 10.1. The molecule has 5 nitrogen and oxygen atoms in total. The molecule has 1 aromatic heterocycles. The lowest BCUT2D eigenvalue weighted by molar-refractivity contribution is -0.128. The summed E-state index contributed by atoms with van der Waals surface area (Å²) in [6.07, 6.45) is 5.34. The van der Waals surface area contributed by atoms with Gasteiger partial charge >= 0.3 is 0 Å². The molecule has 0 radical (unpaired) electrons. The minimum absolute atomic E-state index is 0.115. The van der Waals surface area contributed by atoms with E-state index in [9.17, 15) is 4.79 Å². The fourth-order valence-electron chi connectivity index (χ4n) is 3.03. The van der Waals surface area contributed by atoms with Crippen LogP contribution in [-0.4, -0.2) is 40.4 Å². The Balaban J connectivity index is 1.74. The van der Waals surface area contributed by atoms with Crippen molar-refractivity contribution < 1.29 is 4.79 Å². The van der Waals surface area contributed by atoms with Crippen molar-refractivity contribution in [1.29, 1.82) is 0 Å². The monoisotopic (exact) mass is 304 g/mol. The molecule has 6 heteroatoms. The first-order chi connectivity index (χ1) is 10.1. The summed E-state index contributed by atoms with van der Waals surface area (Å²) in [5.74, 6) is 0.763. The third kappa shape index (κ3) is 3.00. The summed E-state index contributed by atoms with van der Waals surface area (Å²) in [6, 6.07) is 2.03. The maximum atomic E-state index is 12.1. The smallest absolute Gasteiger partial charge is 0.241 e. The summed E-state index contributed by atoms with van der Waals surface area (Å²) in [6.45, 7) is 1.97. The van der Waals surface area contributed by atoms with E-state index in [-0.39, 0.29) is 12.5 Å². The Bertz CT molecular complexity index is 581. The van der Waals surface area contributed by atoms with Crippen LogP contribution in [0, 0.1) is 0 Å². The first kappa shape index (κ1) is 14.3. The van der Waals surface area contributed by atoms with Gasteiger partial charge in [0.05, 0.1) is 12.1 Å². The first-order valence-electron chi connectivity index (χ1n) is 7.49. The number of likely N-dealkylation sites (tertiary alicyclic amines) is 1. The molecule has 0 aromatic carbocycles. The van der Waals surface area contributed by atoms with E-state index in [1.54, 1.807) is 0 Å². The molecule has 112 valence electrons. The maximum absolute atomic E-state index is 12.1. The highest BCUT2D eigenvalue weighted by Crippen LogP contribution is 2.25. The van der Waals surface area contributed by atoms with Gasteiger partial charge < -0.3 is 16.0 Å². The van der Waals surface area contributed by atoms with E-state index in [0.29, 0.717) is 10.8 Å². The number of nitrogens with zero attached hydrogens (tertiary/aromatic N) is 2. The van der Waals surface area contributed by atoms with Crippen LogP contribution in [0.4, 0.5) is 5.82 Å². The lowest BCUT2D eigenvalue weighted by Crippen LogP contribution is -2.33. The third-order valence-electron chi connectivity index (χ3n) is 4.18. The number of fused-ring (bicyclic) bond motifs is 1. The highest BCUT2D eigenvalue weighted by molar-refractivity contribution is 7.80. The molecule has 0 spiro atoms. The molecule has 0 atom stereocenters. The van der Waals surface area contributed by atoms with Crippen molar-refractivity contribution in [3.8, 4) is 0 Å². The molecule has 1 amide bonds. The number of carbonyl (C=O) groups is 1. The van der Waals surface area contributed by atoms with Gasteiger partial charge in [-0.15, -0.1) is 0 Å². The number of aromatic nitrogens is 1. The summed E-state index contributed by atoms with van der Waals surface area (Å²) >= 11 is 5.11. The van der Waals surface area contributed by atoms with Crippen LogP contribution < -0.4 is 11.1 Å². The molecule has 0 unspecified atom stereocenters. The number of nitrogens with one attached hydrogen (secondary N) is 1. The Labute approximate surface area is 129 Å². The highest BCUT2D eigenvalue weighted by atomic mass is 32.1. The molecule has 1 saturated heterocycles. The van der Waals surface area contributed by atoms with Crippen LogP contribution in [0.5, 0.6) is 0 Å². The summed E-state index contributed by atoms with van der Waals surface area (Å²) in [5, 5.41) is 3.13. The number of carbonyl (C=O) groups excluding carboxylic acids is 1. The number of aryl methyl sites for hydroxylation is 2. The fraction of sp³-hybridized carbons (Fsp3) is 0.533. The average molecular weight is 304 g/mol. The molecular weight excluding hydrogens is 284 g/mol. The Hall–Kier alpha value is -1.69. The van der Waals surface area contributed by atoms with Gasteiger partial charge in [-0.25, -0.2) is 4.98 Å². The molecule has 0 saturated carbocycles. The van der Waals surface area contributed by atoms with Gasteiger partial charge in [-0.2, -0.15) is 0 Å². The molecule has 2 aliphatic rings. The quantitative estimate of drug-likeness (QED) is 0.819. The van der Waals surface area contributed by atoms with Crippen molar-refractivity contribution in [3.63, 3.8) is 0 Å². The van der Waals surface area contributed by atoms with Crippen LogP contribution in [0.3, 0.4) is 0 Å². The van der Waals surface area contributed by atoms with E-state index in [4.69, 9.17) is 18.0 Å².